The van der Waals surface area contributed by atoms with Crippen LogP contribution in [0.1, 0.15) is 32.1 Å². The molecule has 0 radical (unpaired) electrons. The zero-order valence-corrected chi connectivity index (χ0v) is 9.16. The van der Waals surface area contributed by atoms with Gasteiger partial charge in [0.2, 0.25) is 0 Å². The van der Waals surface area contributed by atoms with E-state index in [2.05, 4.69) is 0 Å². The Balaban J connectivity index is 2.04. The first kappa shape index (κ1) is 10.9. The van der Waals surface area contributed by atoms with Crippen LogP contribution in [0.2, 0.25) is 0 Å². The van der Waals surface area contributed by atoms with Gasteiger partial charge in [0.15, 0.2) is 5.79 Å². The van der Waals surface area contributed by atoms with Crippen LogP contribution in [0.25, 0.3) is 0 Å². The fraction of sp³-hybridized carbons (Fsp3) is 0.909. The van der Waals surface area contributed by atoms with Crippen molar-refractivity contribution in [2.45, 2.75) is 37.9 Å². The second-order valence-electron chi connectivity index (χ2n) is 4.28. The summed E-state index contributed by atoms with van der Waals surface area (Å²) in [6.07, 6.45) is 4.56. The van der Waals surface area contributed by atoms with Crippen LogP contribution in [-0.4, -0.2) is 32.1 Å². The number of hydrogen-bond acceptors (Lipinski definition) is 4. The fourth-order valence-corrected chi connectivity index (χ4v) is 2.49. The Morgan fingerprint density at radius 1 is 1.33 bits per heavy atom. The molecule has 0 aromatic carbocycles. The van der Waals surface area contributed by atoms with Gasteiger partial charge in [-0.25, -0.2) is 0 Å². The molecule has 0 unspecified atom stereocenters. The molecule has 86 valence electrons. The first-order valence-corrected chi connectivity index (χ1v) is 5.61. The van der Waals surface area contributed by atoms with Crippen LogP contribution in [-0.2, 0) is 19.0 Å². The molecule has 0 N–H and O–H groups in total. The third-order valence-corrected chi connectivity index (χ3v) is 3.27. The summed E-state index contributed by atoms with van der Waals surface area (Å²) >= 11 is 0. The van der Waals surface area contributed by atoms with Gasteiger partial charge in [-0.1, -0.05) is 6.42 Å². The van der Waals surface area contributed by atoms with Gasteiger partial charge in [-0.3, -0.25) is 4.79 Å². The molecule has 2 aliphatic rings. The molecule has 0 bridgehead atoms. The highest BCUT2D eigenvalue weighted by Crippen LogP contribution is 2.37. The van der Waals surface area contributed by atoms with Gasteiger partial charge in [0.1, 0.15) is 0 Å². The lowest BCUT2D eigenvalue weighted by molar-refractivity contribution is -0.179. The number of ether oxygens (including phenoxy) is 3. The highest BCUT2D eigenvalue weighted by Gasteiger charge is 2.42. The summed E-state index contributed by atoms with van der Waals surface area (Å²) < 4.78 is 16.1. The summed E-state index contributed by atoms with van der Waals surface area (Å²) in [5, 5.41) is 0. The smallest absolute Gasteiger partial charge is 0.308 e. The lowest BCUT2D eigenvalue weighted by Crippen LogP contribution is -2.33. The Hall–Kier alpha value is -0.610. The first-order valence-electron chi connectivity index (χ1n) is 5.61. The minimum absolute atomic E-state index is 0.0596. The SMILES string of the molecule is COC(=O)[C@@H]1CCCCC2(C1)OCCO2. The van der Waals surface area contributed by atoms with Crippen molar-refractivity contribution in [3.05, 3.63) is 0 Å². The predicted molar refractivity (Wildman–Crippen MR) is 53.2 cm³/mol. The molecule has 1 spiro atoms. The molecule has 15 heavy (non-hydrogen) atoms. The summed E-state index contributed by atoms with van der Waals surface area (Å²) in [6, 6.07) is 0. The Kier molecular flexibility index (Phi) is 3.26. The van der Waals surface area contributed by atoms with Crippen molar-refractivity contribution in [1.29, 1.82) is 0 Å². The summed E-state index contributed by atoms with van der Waals surface area (Å²) in [5.41, 5.74) is 0. The van der Waals surface area contributed by atoms with Crippen molar-refractivity contribution < 1.29 is 19.0 Å². The second kappa shape index (κ2) is 4.49. The number of rotatable bonds is 1. The maximum atomic E-state index is 11.5. The van der Waals surface area contributed by atoms with E-state index in [0.29, 0.717) is 19.6 Å². The molecule has 1 saturated carbocycles. The molecule has 1 aliphatic carbocycles. The third-order valence-electron chi connectivity index (χ3n) is 3.27. The summed E-state index contributed by atoms with van der Waals surface area (Å²) in [4.78, 5) is 11.5. The normalized spacial score (nSPS) is 30.1. The van der Waals surface area contributed by atoms with Gasteiger partial charge in [-0.05, 0) is 12.8 Å². The molecule has 0 aromatic heterocycles. The Morgan fingerprint density at radius 2 is 2.07 bits per heavy atom. The highest BCUT2D eigenvalue weighted by atomic mass is 16.7. The van der Waals surface area contributed by atoms with E-state index in [9.17, 15) is 4.79 Å². The van der Waals surface area contributed by atoms with Gasteiger partial charge in [-0.15, -0.1) is 0 Å². The molecule has 4 nitrogen and oxygen atoms in total. The van der Waals surface area contributed by atoms with Crippen LogP contribution in [0.4, 0.5) is 0 Å². The van der Waals surface area contributed by atoms with Gasteiger partial charge in [0, 0.05) is 12.8 Å². The lowest BCUT2D eigenvalue weighted by Gasteiger charge is -2.27. The largest absolute Gasteiger partial charge is 0.469 e. The minimum Gasteiger partial charge on any atom is -0.469 e. The molecule has 1 heterocycles. The predicted octanol–water partition coefficient (Wildman–Crippen LogP) is 1.48. The Bertz CT molecular complexity index is 233. The summed E-state index contributed by atoms with van der Waals surface area (Å²) in [5.74, 6) is -0.680. The number of carbonyl (C=O) groups excluding carboxylic acids is 1. The van der Waals surface area contributed by atoms with E-state index in [0.717, 1.165) is 25.7 Å². The van der Waals surface area contributed by atoms with E-state index in [1.165, 1.54) is 7.11 Å². The summed E-state index contributed by atoms with van der Waals surface area (Å²) in [6.45, 7) is 1.29. The average molecular weight is 214 g/mol. The quantitative estimate of drug-likeness (QED) is 0.620. The minimum atomic E-state index is -0.491. The van der Waals surface area contributed by atoms with E-state index in [4.69, 9.17) is 14.2 Å². The Morgan fingerprint density at radius 3 is 2.73 bits per heavy atom. The van der Waals surface area contributed by atoms with Gasteiger partial charge in [0.25, 0.3) is 0 Å². The maximum absolute atomic E-state index is 11.5. The van der Waals surface area contributed by atoms with Crippen LogP contribution in [0, 0.1) is 5.92 Å². The van der Waals surface area contributed by atoms with Gasteiger partial charge < -0.3 is 14.2 Å². The zero-order chi connectivity index (χ0) is 10.7. The van der Waals surface area contributed by atoms with Crippen molar-refractivity contribution in [3.63, 3.8) is 0 Å². The third kappa shape index (κ3) is 2.32. The molecular formula is C11H18O4. The molecule has 1 saturated heterocycles. The van der Waals surface area contributed by atoms with Crippen molar-refractivity contribution in [1.82, 2.24) is 0 Å². The molecule has 1 aliphatic heterocycles. The molecular weight excluding hydrogens is 196 g/mol. The molecule has 2 rings (SSSR count). The van der Waals surface area contributed by atoms with Gasteiger partial charge in [0.05, 0.1) is 26.2 Å². The standard InChI is InChI=1S/C11H18O4/c1-13-10(12)9-4-2-3-5-11(8-9)14-6-7-15-11/h9H,2-8H2,1H3/t9-/m1/s1. The fourth-order valence-electron chi connectivity index (χ4n) is 2.49. The van der Waals surface area contributed by atoms with Crippen LogP contribution in [0.5, 0.6) is 0 Å². The van der Waals surface area contributed by atoms with Crippen LogP contribution >= 0.6 is 0 Å². The van der Waals surface area contributed by atoms with E-state index in [1.807, 2.05) is 0 Å². The molecule has 4 heteroatoms. The van der Waals surface area contributed by atoms with Crippen molar-refractivity contribution in [2.24, 2.45) is 5.92 Å². The van der Waals surface area contributed by atoms with Crippen molar-refractivity contribution in [2.75, 3.05) is 20.3 Å². The number of hydrogen-bond donors (Lipinski definition) is 0. The lowest BCUT2D eigenvalue weighted by atomic mass is 9.97. The van der Waals surface area contributed by atoms with Crippen LogP contribution in [0.15, 0.2) is 0 Å². The van der Waals surface area contributed by atoms with Crippen molar-refractivity contribution in [3.8, 4) is 0 Å². The number of esters is 1. The molecule has 1 atom stereocenters. The maximum Gasteiger partial charge on any atom is 0.308 e. The zero-order valence-electron chi connectivity index (χ0n) is 9.16. The number of carbonyl (C=O) groups is 1. The monoisotopic (exact) mass is 214 g/mol. The van der Waals surface area contributed by atoms with Crippen LogP contribution < -0.4 is 0 Å². The topological polar surface area (TPSA) is 44.8 Å². The van der Waals surface area contributed by atoms with E-state index < -0.39 is 5.79 Å². The molecule has 2 fully saturated rings. The Labute approximate surface area is 89.9 Å². The second-order valence-corrected chi connectivity index (χ2v) is 4.28. The van der Waals surface area contributed by atoms with E-state index >= 15 is 0 Å². The van der Waals surface area contributed by atoms with Gasteiger partial charge >= 0.3 is 5.97 Å². The van der Waals surface area contributed by atoms with Crippen molar-refractivity contribution >= 4 is 5.97 Å². The average Bonchev–Trinajstić information content (AvgIpc) is 2.59. The highest BCUT2D eigenvalue weighted by molar-refractivity contribution is 5.72. The van der Waals surface area contributed by atoms with E-state index in [1.54, 1.807) is 0 Å². The summed E-state index contributed by atoms with van der Waals surface area (Å²) in [7, 11) is 1.44. The number of methoxy groups -OCH3 is 1. The van der Waals surface area contributed by atoms with Crippen LogP contribution in [0.3, 0.4) is 0 Å². The molecule has 0 aromatic rings. The first-order chi connectivity index (χ1) is 7.26. The van der Waals surface area contributed by atoms with E-state index in [-0.39, 0.29) is 11.9 Å². The van der Waals surface area contributed by atoms with Gasteiger partial charge in [-0.2, -0.15) is 0 Å². The molecule has 0 amide bonds.